The molecule has 13 nitrogen and oxygen atoms in total. The fraction of sp³-hybridized carbons (Fsp3) is 0.440. The lowest BCUT2D eigenvalue weighted by Gasteiger charge is -2.38. The number of carbonyl (C=O) groups is 2. The second-order valence-corrected chi connectivity index (χ2v) is 10.6. The third-order valence-electron chi connectivity index (χ3n) is 7.55. The summed E-state index contributed by atoms with van der Waals surface area (Å²) in [5.74, 6) is 0.353. The van der Waals surface area contributed by atoms with Crippen molar-refractivity contribution in [3.63, 3.8) is 0 Å². The minimum atomic E-state index is -1.17. The maximum absolute atomic E-state index is 13.1. The van der Waals surface area contributed by atoms with Gasteiger partial charge in [0.15, 0.2) is 17.3 Å². The van der Waals surface area contributed by atoms with Gasteiger partial charge in [-0.15, -0.1) is 10.2 Å². The van der Waals surface area contributed by atoms with E-state index in [0.29, 0.717) is 46.7 Å². The molecule has 0 spiro atoms. The number of anilines is 1. The van der Waals surface area contributed by atoms with E-state index in [4.69, 9.17) is 10.7 Å². The summed E-state index contributed by atoms with van der Waals surface area (Å²) in [6.07, 6.45) is 9.31. The lowest BCUT2D eigenvalue weighted by molar-refractivity contribution is 0.0556. The molecule has 2 saturated heterocycles. The van der Waals surface area contributed by atoms with Crippen molar-refractivity contribution >= 4 is 23.2 Å². The number of piperidine rings is 1. The Bertz CT molecular complexity index is 1520. The lowest BCUT2D eigenvalue weighted by Crippen LogP contribution is -2.46. The normalized spacial score (nSPS) is 21.3. The van der Waals surface area contributed by atoms with E-state index in [2.05, 4.69) is 30.2 Å². The van der Waals surface area contributed by atoms with Gasteiger partial charge in [-0.2, -0.15) is 9.61 Å². The summed E-state index contributed by atoms with van der Waals surface area (Å²) in [5.41, 5.74) is 8.15. The van der Waals surface area contributed by atoms with Crippen LogP contribution in [0.2, 0.25) is 0 Å². The van der Waals surface area contributed by atoms with Crippen LogP contribution in [-0.2, 0) is 5.60 Å². The molecule has 0 aromatic carbocycles. The van der Waals surface area contributed by atoms with Crippen molar-refractivity contribution in [2.45, 2.75) is 70.1 Å². The molecule has 196 valence electrons. The van der Waals surface area contributed by atoms with E-state index in [1.165, 1.54) is 17.8 Å². The van der Waals surface area contributed by atoms with Gasteiger partial charge >= 0.3 is 0 Å². The number of aromatic nitrogens is 8. The smallest absolute Gasteiger partial charge is 0.292 e. The van der Waals surface area contributed by atoms with Crippen molar-refractivity contribution in [1.29, 1.82) is 0 Å². The number of hydrogen-bond acceptors (Lipinski definition) is 10. The molecule has 1 amide bonds. The maximum Gasteiger partial charge on any atom is 0.292 e. The molecule has 0 radical (unpaired) electrons. The van der Waals surface area contributed by atoms with Crippen LogP contribution in [0.25, 0.3) is 16.8 Å². The van der Waals surface area contributed by atoms with Crippen molar-refractivity contribution in [2.24, 2.45) is 0 Å². The van der Waals surface area contributed by atoms with Crippen LogP contribution >= 0.6 is 0 Å². The van der Waals surface area contributed by atoms with Crippen molar-refractivity contribution in [3.8, 4) is 11.1 Å². The third-order valence-corrected chi connectivity index (χ3v) is 7.55. The zero-order valence-corrected chi connectivity index (χ0v) is 21.3. The number of nitrogens with two attached hydrogens (primary N) is 1. The van der Waals surface area contributed by atoms with E-state index >= 15 is 0 Å². The average molecular weight is 517 g/mol. The number of aliphatic hydroxyl groups is 1. The van der Waals surface area contributed by atoms with E-state index in [-0.39, 0.29) is 41.3 Å². The van der Waals surface area contributed by atoms with E-state index in [0.717, 1.165) is 12.8 Å². The molecule has 4 aromatic heterocycles. The number of fused-ring (bicyclic) bond motifs is 3. The van der Waals surface area contributed by atoms with Gasteiger partial charge in [0.05, 0.1) is 17.5 Å². The van der Waals surface area contributed by atoms with Gasteiger partial charge in [0, 0.05) is 41.5 Å². The van der Waals surface area contributed by atoms with E-state index in [1.807, 2.05) is 4.90 Å². The van der Waals surface area contributed by atoms with Crippen LogP contribution in [0.1, 0.15) is 84.9 Å². The summed E-state index contributed by atoms with van der Waals surface area (Å²) < 4.78 is 1.47. The Morgan fingerprint density at radius 1 is 1.13 bits per heavy atom. The molecular weight excluding hydrogens is 488 g/mol. The summed E-state index contributed by atoms with van der Waals surface area (Å²) in [4.78, 5) is 44.2. The van der Waals surface area contributed by atoms with Crippen molar-refractivity contribution in [3.05, 3.63) is 47.8 Å². The molecule has 4 N–H and O–H groups in total. The van der Waals surface area contributed by atoms with Gasteiger partial charge in [-0.05, 0) is 46.5 Å². The topological polar surface area (TPSA) is 181 Å². The first-order chi connectivity index (χ1) is 18.1. The van der Waals surface area contributed by atoms with E-state index in [1.54, 1.807) is 32.4 Å². The number of hydrogen-bond donors (Lipinski definition) is 3. The van der Waals surface area contributed by atoms with Crippen molar-refractivity contribution in [1.82, 2.24) is 44.6 Å². The zero-order chi connectivity index (χ0) is 26.8. The van der Waals surface area contributed by atoms with Crippen LogP contribution in [0.5, 0.6) is 0 Å². The number of aromatic amines is 1. The highest BCUT2D eigenvalue weighted by molar-refractivity contribution is 6.00. The predicted octanol–water partition coefficient (Wildman–Crippen LogP) is 1.87. The molecule has 4 aromatic rings. The summed E-state index contributed by atoms with van der Waals surface area (Å²) in [6, 6.07) is 0.00476. The number of carbonyl (C=O) groups excluding carboxylic acids is 2. The Labute approximate surface area is 217 Å². The Balaban J connectivity index is 1.39. The van der Waals surface area contributed by atoms with Crippen LogP contribution in [0.4, 0.5) is 5.82 Å². The second kappa shape index (κ2) is 8.65. The summed E-state index contributed by atoms with van der Waals surface area (Å²) in [7, 11) is 0. The van der Waals surface area contributed by atoms with Crippen molar-refractivity contribution in [2.75, 3.05) is 5.73 Å². The summed E-state index contributed by atoms with van der Waals surface area (Å²) in [6.45, 7) is 4.72. The Hall–Kier alpha value is -4.26. The fourth-order valence-corrected chi connectivity index (χ4v) is 5.84. The lowest BCUT2D eigenvalue weighted by atomic mass is 9.85. The second-order valence-electron chi connectivity index (χ2n) is 10.6. The number of ketones is 1. The summed E-state index contributed by atoms with van der Waals surface area (Å²) in [5, 5.41) is 22.2. The molecule has 0 aliphatic carbocycles. The number of nitrogens with zero attached hydrogens (tertiary/aromatic N) is 8. The first-order valence-corrected chi connectivity index (χ1v) is 12.6. The molecule has 0 unspecified atom stereocenters. The van der Waals surface area contributed by atoms with E-state index in [9.17, 15) is 14.7 Å². The number of nitrogen functional groups attached to an aromatic ring is 1. The molecule has 0 saturated carbocycles. The molecule has 2 bridgehead atoms. The highest BCUT2D eigenvalue weighted by Gasteiger charge is 2.45. The van der Waals surface area contributed by atoms with Crippen LogP contribution in [0.3, 0.4) is 0 Å². The molecular formula is C25H28N10O3. The molecule has 2 fully saturated rings. The largest absolute Gasteiger partial charge is 0.383 e. The van der Waals surface area contributed by atoms with Gasteiger partial charge in [0.2, 0.25) is 5.82 Å². The third kappa shape index (κ3) is 3.81. The molecule has 2 aliphatic heterocycles. The molecule has 13 heteroatoms. The Morgan fingerprint density at radius 2 is 1.82 bits per heavy atom. The van der Waals surface area contributed by atoms with Gasteiger partial charge in [-0.1, -0.05) is 0 Å². The number of Topliss-reactive ketones (excluding diaryl/α,β-unsaturated/α-hetero) is 1. The number of H-pyrrole nitrogens is 1. The predicted molar refractivity (Wildman–Crippen MR) is 135 cm³/mol. The van der Waals surface area contributed by atoms with Crippen LogP contribution in [0, 0.1) is 0 Å². The minimum absolute atomic E-state index is 0.00238. The molecule has 6 rings (SSSR count). The van der Waals surface area contributed by atoms with Crippen molar-refractivity contribution < 1.29 is 14.7 Å². The molecule has 2 aliphatic rings. The fourth-order valence-electron chi connectivity index (χ4n) is 5.84. The maximum atomic E-state index is 13.1. The molecule has 3 atom stereocenters. The average Bonchev–Trinajstić information content (AvgIpc) is 3.61. The van der Waals surface area contributed by atoms with Crippen LogP contribution < -0.4 is 5.73 Å². The zero-order valence-electron chi connectivity index (χ0n) is 21.3. The highest BCUT2D eigenvalue weighted by Crippen LogP contribution is 2.45. The number of rotatable bonds is 5. The molecule has 6 heterocycles. The first kappa shape index (κ1) is 24.1. The van der Waals surface area contributed by atoms with Gasteiger partial charge in [-0.3, -0.25) is 9.59 Å². The first-order valence-electron chi connectivity index (χ1n) is 12.6. The van der Waals surface area contributed by atoms with Crippen LogP contribution in [-0.4, -0.2) is 73.5 Å². The number of amides is 1. The Kier molecular flexibility index (Phi) is 5.49. The van der Waals surface area contributed by atoms with Gasteiger partial charge < -0.3 is 20.7 Å². The highest BCUT2D eigenvalue weighted by atomic mass is 16.3. The standard InChI is InChI=1S/C25H28N10O3/c1-12(36)18-19(13-6-15-4-5-16(7-13)34(15)23(37)21-29-11-30-33-21)32-22-17(10-31-35(22)20(18)26)14-8-27-24(28-9-14)25(2,3)38/h8-11,13,15-16,38H,4-7,26H2,1-3H3,(H,29,30,33)/t13-,15+,16-. The number of nitrogens with one attached hydrogen (secondary N) is 1. The van der Waals surface area contributed by atoms with Gasteiger partial charge in [0.1, 0.15) is 17.7 Å². The summed E-state index contributed by atoms with van der Waals surface area (Å²) >= 11 is 0. The van der Waals surface area contributed by atoms with Gasteiger partial charge in [-0.25, -0.2) is 15.0 Å². The van der Waals surface area contributed by atoms with E-state index < -0.39 is 5.60 Å². The SMILES string of the molecule is CC(=O)c1c([C@H]2C[C@H]3CC[C@@H](C2)N3C(=O)c2nnc[nH]2)nc2c(-c3cnc(C(C)(C)O)nc3)cnn2c1N. The quantitative estimate of drug-likeness (QED) is 0.331. The minimum Gasteiger partial charge on any atom is -0.383 e. The van der Waals surface area contributed by atoms with Gasteiger partial charge in [0.25, 0.3) is 5.91 Å². The van der Waals surface area contributed by atoms with Crippen LogP contribution in [0.15, 0.2) is 24.9 Å². The Morgan fingerprint density at radius 3 is 2.39 bits per heavy atom. The monoisotopic (exact) mass is 516 g/mol. The molecule has 38 heavy (non-hydrogen) atoms.